The van der Waals surface area contributed by atoms with E-state index in [1.165, 1.54) is 24.3 Å². The molecule has 0 aliphatic rings. The number of aliphatic hydroxyl groups excluding tert-OH is 2. The summed E-state index contributed by atoms with van der Waals surface area (Å²) in [5.74, 6) is -0.409. The SMILES string of the molecule is N#[N+]C=C(O)c1ccc(C(O)=C[N+]#N)cc1. The molecule has 0 unspecified atom stereocenters. The molecule has 78 valence electrons. The van der Waals surface area contributed by atoms with Gasteiger partial charge >= 0.3 is 12.4 Å². The zero-order valence-electron chi connectivity index (χ0n) is 8.15. The van der Waals surface area contributed by atoms with Gasteiger partial charge < -0.3 is 10.2 Å². The highest BCUT2D eigenvalue weighted by molar-refractivity contribution is 5.64. The molecule has 0 saturated heterocycles. The van der Waals surface area contributed by atoms with Gasteiger partial charge in [-0.2, -0.15) is 0 Å². The first-order valence-corrected chi connectivity index (χ1v) is 4.26. The minimum absolute atomic E-state index is 0.204. The predicted octanol–water partition coefficient (Wildman–Crippen LogP) is 3.11. The predicted molar refractivity (Wildman–Crippen MR) is 57.8 cm³/mol. The van der Waals surface area contributed by atoms with Crippen molar-refractivity contribution in [2.24, 2.45) is 0 Å². The van der Waals surface area contributed by atoms with E-state index >= 15 is 0 Å². The monoisotopic (exact) mass is 216 g/mol. The topological polar surface area (TPSA) is 96.8 Å². The van der Waals surface area contributed by atoms with E-state index in [1.54, 1.807) is 0 Å². The Hall–Kier alpha value is -2.86. The average Bonchev–Trinajstić information content (AvgIpc) is 2.30. The zero-order valence-corrected chi connectivity index (χ0v) is 8.15. The van der Waals surface area contributed by atoms with Crippen molar-refractivity contribution < 1.29 is 10.2 Å². The molecular weight excluding hydrogens is 208 g/mol. The van der Waals surface area contributed by atoms with Crippen molar-refractivity contribution in [3.8, 4) is 0 Å². The molecule has 2 N–H and O–H groups in total. The summed E-state index contributed by atoms with van der Waals surface area (Å²) < 4.78 is 0. The fourth-order valence-corrected chi connectivity index (χ4v) is 1.07. The third-order valence-electron chi connectivity index (χ3n) is 1.84. The summed E-state index contributed by atoms with van der Waals surface area (Å²) in [7, 11) is 0. The van der Waals surface area contributed by atoms with Gasteiger partial charge in [-0.3, -0.25) is 0 Å². The van der Waals surface area contributed by atoms with Gasteiger partial charge in [-0.25, -0.2) is 0 Å². The normalized spacial score (nSPS) is 11.6. The molecular formula is C10H8N4O2+2. The number of benzene rings is 1. The summed E-state index contributed by atoms with van der Waals surface area (Å²) in [5, 5.41) is 35.1. The number of hydrogen-bond acceptors (Lipinski definition) is 4. The maximum atomic E-state index is 9.33. The number of rotatable bonds is 2. The molecule has 6 nitrogen and oxygen atoms in total. The number of nitrogens with zero attached hydrogens (tertiary/aromatic N) is 4. The first kappa shape index (κ1) is 11.2. The molecule has 0 saturated carbocycles. The molecule has 0 spiro atoms. The van der Waals surface area contributed by atoms with Crippen molar-refractivity contribution in [1.29, 1.82) is 10.8 Å². The van der Waals surface area contributed by atoms with Crippen LogP contribution in [0.2, 0.25) is 0 Å². The Bertz CT molecular complexity index is 468. The highest BCUT2D eigenvalue weighted by Gasteiger charge is 2.07. The number of hydrogen-bond donors (Lipinski definition) is 2. The van der Waals surface area contributed by atoms with E-state index in [0.29, 0.717) is 11.1 Å². The maximum absolute atomic E-state index is 9.33. The molecule has 0 fully saturated rings. The zero-order chi connectivity index (χ0) is 12.0. The smallest absolute Gasteiger partial charge is 0.392 e. The third-order valence-corrected chi connectivity index (χ3v) is 1.84. The molecule has 0 radical (unpaired) electrons. The average molecular weight is 216 g/mol. The minimum atomic E-state index is -0.204. The van der Waals surface area contributed by atoms with Crippen LogP contribution in [-0.4, -0.2) is 10.2 Å². The number of diazo groups is 2. The van der Waals surface area contributed by atoms with Crippen LogP contribution < -0.4 is 0 Å². The molecule has 0 bridgehead atoms. The van der Waals surface area contributed by atoms with Crippen molar-refractivity contribution in [2.75, 3.05) is 0 Å². The van der Waals surface area contributed by atoms with Gasteiger partial charge in [-0.05, 0) is 0 Å². The van der Waals surface area contributed by atoms with Crippen LogP contribution in [0.5, 0.6) is 0 Å². The summed E-state index contributed by atoms with van der Waals surface area (Å²) in [4.78, 5) is 5.36. The van der Waals surface area contributed by atoms with Crippen molar-refractivity contribution in [1.82, 2.24) is 0 Å². The van der Waals surface area contributed by atoms with Gasteiger partial charge in [0.05, 0.1) is 0 Å². The first-order valence-electron chi connectivity index (χ1n) is 4.26. The fourth-order valence-electron chi connectivity index (χ4n) is 1.07. The van der Waals surface area contributed by atoms with Gasteiger partial charge in [-0.15, -0.1) is 0 Å². The van der Waals surface area contributed by atoms with Gasteiger partial charge in [0.25, 0.3) is 0 Å². The van der Waals surface area contributed by atoms with Gasteiger partial charge in [0, 0.05) is 11.1 Å². The van der Waals surface area contributed by atoms with Gasteiger partial charge in [-0.1, -0.05) is 24.3 Å². The van der Waals surface area contributed by atoms with Crippen LogP contribution in [0.4, 0.5) is 0 Å². The Labute approximate surface area is 91.0 Å². The molecule has 1 aromatic rings. The standard InChI is InChI=1S/C10H6N4O2/c11-13-5-9(15)7-1-2-8(4-3-7)10(16)6-14-12/h1-6H/p+2. The van der Waals surface area contributed by atoms with E-state index in [9.17, 15) is 10.2 Å². The molecule has 0 aliphatic heterocycles. The van der Waals surface area contributed by atoms with Crippen LogP contribution in [0.15, 0.2) is 36.7 Å². The Morgan fingerprint density at radius 1 is 0.875 bits per heavy atom. The van der Waals surface area contributed by atoms with Crippen LogP contribution >= 0.6 is 0 Å². The molecule has 0 atom stereocenters. The molecule has 0 aromatic heterocycles. The quantitative estimate of drug-likeness (QED) is 0.586. The summed E-state index contributed by atoms with van der Waals surface area (Å²) in [5.41, 5.74) is 0.852. The lowest BCUT2D eigenvalue weighted by atomic mass is 10.1. The van der Waals surface area contributed by atoms with Crippen molar-refractivity contribution >= 4 is 11.5 Å². The third kappa shape index (κ3) is 2.56. The van der Waals surface area contributed by atoms with Crippen molar-refractivity contribution in [3.05, 3.63) is 57.7 Å². The van der Waals surface area contributed by atoms with E-state index in [1.807, 2.05) is 0 Å². The van der Waals surface area contributed by atoms with E-state index in [4.69, 9.17) is 10.8 Å². The highest BCUT2D eigenvalue weighted by Crippen LogP contribution is 2.16. The lowest BCUT2D eigenvalue weighted by molar-refractivity contribution is 0.509. The molecule has 1 aromatic carbocycles. The molecule has 6 heteroatoms. The second kappa shape index (κ2) is 5.13. The highest BCUT2D eigenvalue weighted by atomic mass is 16.3. The Kier molecular flexibility index (Phi) is 3.59. The largest absolute Gasteiger partial charge is 0.501 e. The number of aliphatic hydroxyl groups is 2. The van der Waals surface area contributed by atoms with E-state index in [0.717, 1.165) is 12.4 Å². The summed E-state index contributed by atoms with van der Waals surface area (Å²) >= 11 is 0. The Morgan fingerprint density at radius 2 is 1.19 bits per heavy atom. The second-order valence-electron chi connectivity index (χ2n) is 2.84. The van der Waals surface area contributed by atoms with Crippen LogP contribution in [-0.2, 0) is 0 Å². The Morgan fingerprint density at radius 3 is 1.44 bits per heavy atom. The van der Waals surface area contributed by atoms with Crippen molar-refractivity contribution in [3.63, 3.8) is 0 Å². The molecule has 0 aliphatic carbocycles. The van der Waals surface area contributed by atoms with E-state index < -0.39 is 0 Å². The Balaban J connectivity index is 3.02. The van der Waals surface area contributed by atoms with E-state index in [2.05, 4.69) is 9.95 Å². The van der Waals surface area contributed by atoms with Crippen LogP contribution in [0, 0.1) is 10.8 Å². The van der Waals surface area contributed by atoms with Crippen LogP contribution in [0.1, 0.15) is 11.1 Å². The van der Waals surface area contributed by atoms with Gasteiger partial charge in [0.1, 0.15) is 0 Å². The minimum Gasteiger partial charge on any atom is -0.501 e. The lowest BCUT2D eigenvalue weighted by Crippen LogP contribution is -1.85. The maximum Gasteiger partial charge on any atom is 0.392 e. The summed E-state index contributed by atoms with van der Waals surface area (Å²) in [6.45, 7) is 0. The lowest BCUT2D eigenvalue weighted by Gasteiger charge is -1.98. The second-order valence-corrected chi connectivity index (χ2v) is 2.84. The van der Waals surface area contributed by atoms with E-state index in [-0.39, 0.29) is 11.5 Å². The molecule has 0 heterocycles. The molecule has 16 heavy (non-hydrogen) atoms. The van der Waals surface area contributed by atoms with Gasteiger partial charge in [0.15, 0.2) is 9.95 Å². The van der Waals surface area contributed by atoms with Crippen molar-refractivity contribution in [2.45, 2.75) is 0 Å². The van der Waals surface area contributed by atoms with Crippen LogP contribution in [0.3, 0.4) is 0 Å². The summed E-state index contributed by atoms with van der Waals surface area (Å²) in [6, 6.07) is 6.03. The summed E-state index contributed by atoms with van der Waals surface area (Å²) in [6.07, 6.45) is 1.77. The first-order chi connectivity index (χ1) is 7.69. The molecule has 1 rings (SSSR count). The van der Waals surface area contributed by atoms with Crippen LogP contribution in [0.25, 0.3) is 21.5 Å². The van der Waals surface area contributed by atoms with Gasteiger partial charge in [0.2, 0.25) is 22.3 Å². The fraction of sp³-hybridized carbons (Fsp3) is 0. The molecule has 0 amide bonds.